The molecule has 1 aliphatic heterocycles. The topological polar surface area (TPSA) is 72.2 Å². The molecular weight excluding hydrogens is 307 g/mol. The molecule has 114 valence electrons. The second-order valence-electron chi connectivity index (χ2n) is 4.38. The fourth-order valence-electron chi connectivity index (χ4n) is 1.82. The van der Waals surface area contributed by atoms with Crippen molar-refractivity contribution in [3.05, 3.63) is 17.7 Å². The van der Waals surface area contributed by atoms with Crippen molar-refractivity contribution in [1.29, 1.82) is 0 Å². The molecule has 0 aliphatic carbocycles. The third-order valence-electron chi connectivity index (χ3n) is 2.73. The standard InChI is InChI=1S/C11H12F3N5OS/c1-6-17-18-10-7(15-3-2-9(21)19(6)10)4-8(20)16-5-11(12,13)14/h2-3,7,21H,4-5H2,1H3,(H,16,20)/t7-/m0/s1. The minimum Gasteiger partial charge on any atom is -0.347 e. The quantitative estimate of drug-likeness (QED) is 0.830. The van der Waals surface area contributed by atoms with Gasteiger partial charge in [0.25, 0.3) is 0 Å². The molecule has 0 saturated heterocycles. The maximum atomic E-state index is 12.1. The lowest BCUT2D eigenvalue weighted by atomic mass is 10.2. The highest BCUT2D eigenvalue weighted by Gasteiger charge is 2.29. The summed E-state index contributed by atoms with van der Waals surface area (Å²) in [7, 11) is 0. The van der Waals surface area contributed by atoms with E-state index in [1.165, 1.54) is 6.21 Å². The first-order valence-electron chi connectivity index (χ1n) is 5.96. The van der Waals surface area contributed by atoms with Crippen LogP contribution in [0.4, 0.5) is 13.2 Å². The van der Waals surface area contributed by atoms with E-state index in [1.54, 1.807) is 17.6 Å². The average molecular weight is 319 g/mol. The monoisotopic (exact) mass is 319 g/mol. The predicted octanol–water partition coefficient (Wildman–Crippen LogP) is 1.51. The largest absolute Gasteiger partial charge is 0.405 e. The minimum absolute atomic E-state index is 0.250. The predicted molar refractivity (Wildman–Crippen MR) is 72.9 cm³/mol. The summed E-state index contributed by atoms with van der Waals surface area (Å²) < 4.78 is 37.8. The van der Waals surface area contributed by atoms with Crippen LogP contribution in [0, 0.1) is 6.92 Å². The van der Waals surface area contributed by atoms with Crippen molar-refractivity contribution in [2.45, 2.75) is 25.6 Å². The molecule has 0 unspecified atom stereocenters. The molecule has 2 rings (SSSR count). The Bertz CT molecular complexity index is 607. The number of hydrogen-bond acceptors (Lipinski definition) is 5. The molecule has 0 saturated carbocycles. The van der Waals surface area contributed by atoms with Crippen LogP contribution in [0.25, 0.3) is 5.03 Å². The van der Waals surface area contributed by atoms with Gasteiger partial charge in [-0.15, -0.1) is 22.8 Å². The third kappa shape index (κ3) is 3.84. The Hall–Kier alpha value is -1.84. The highest BCUT2D eigenvalue weighted by atomic mass is 32.1. The van der Waals surface area contributed by atoms with Crippen molar-refractivity contribution in [3.63, 3.8) is 0 Å². The second kappa shape index (κ2) is 5.88. The first-order valence-corrected chi connectivity index (χ1v) is 6.41. The van der Waals surface area contributed by atoms with Crippen LogP contribution >= 0.6 is 12.6 Å². The van der Waals surface area contributed by atoms with Gasteiger partial charge in [0.1, 0.15) is 18.4 Å². The number of allylic oxidation sites excluding steroid dienone is 1. The zero-order valence-corrected chi connectivity index (χ0v) is 11.8. The molecule has 1 aliphatic rings. The molecular formula is C11H12F3N5OS. The molecule has 1 atom stereocenters. The van der Waals surface area contributed by atoms with Crippen molar-refractivity contribution >= 4 is 29.8 Å². The van der Waals surface area contributed by atoms with Crippen molar-refractivity contribution in [2.75, 3.05) is 6.54 Å². The Morgan fingerprint density at radius 3 is 2.86 bits per heavy atom. The molecule has 1 aromatic rings. The number of carbonyl (C=O) groups is 1. The van der Waals surface area contributed by atoms with Crippen molar-refractivity contribution in [1.82, 2.24) is 20.1 Å². The SMILES string of the molecule is Cc1nnc2n1C(S)=CC=N[C@H]2CC(=O)NCC(F)(F)F. The van der Waals surface area contributed by atoms with Gasteiger partial charge >= 0.3 is 6.18 Å². The number of amides is 1. The number of nitrogens with one attached hydrogen (secondary N) is 1. The van der Waals surface area contributed by atoms with Crippen LogP contribution in [0.2, 0.25) is 0 Å². The van der Waals surface area contributed by atoms with E-state index >= 15 is 0 Å². The van der Waals surface area contributed by atoms with E-state index in [0.717, 1.165) is 0 Å². The van der Waals surface area contributed by atoms with Crippen LogP contribution in [0.1, 0.15) is 24.1 Å². The summed E-state index contributed by atoms with van der Waals surface area (Å²) in [5.41, 5.74) is 0. The van der Waals surface area contributed by atoms with E-state index < -0.39 is 24.7 Å². The molecule has 10 heteroatoms. The number of halogens is 3. The molecule has 6 nitrogen and oxygen atoms in total. The van der Waals surface area contributed by atoms with Crippen LogP contribution in [-0.2, 0) is 4.79 Å². The van der Waals surface area contributed by atoms with E-state index in [1.807, 2.05) is 5.32 Å². The number of thiol groups is 1. The number of carbonyl (C=O) groups excluding carboxylic acids is 1. The smallest absolute Gasteiger partial charge is 0.347 e. The van der Waals surface area contributed by atoms with Gasteiger partial charge in [0.05, 0.1) is 11.4 Å². The van der Waals surface area contributed by atoms with Crippen molar-refractivity contribution in [2.24, 2.45) is 4.99 Å². The van der Waals surface area contributed by atoms with Crippen molar-refractivity contribution < 1.29 is 18.0 Å². The summed E-state index contributed by atoms with van der Waals surface area (Å²) in [5.74, 6) is 0.159. The third-order valence-corrected chi connectivity index (χ3v) is 3.08. The van der Waals surface area contributed by atoms with E-state index in [2.05, 4.69) is 27.8 Å². The number of aryl methyl sites for hydroxylation is 1. The van der Waals surface area contributed by atoms with Gasteiger partial charge in [0.15, 0.2) is 5.82 Å². The van der Waals surface area contributed by atoms with Gasteiger partial charge in [-0.25, -0.2) is 0 Å². The number of fused-ring (bicyclic) bond motifs is 1. The fourth-order valence-corrected chi connectivity index (χ4v) is 2.14. The molecule has 21 heavy (non-hydrogen) atoms. The molecule has 2 heterocycles. The highest BCUT2D eigenvalue weighted by molar-refractivity contribution is 7.90. The van der Waals surface area contributed by atoms with Gasteiger partial charge in [-0.2, -0.15) is 13.2 Å². The van der Waals surface area contributed by atoms with Crippen LogP contribution in [0.5, 0.6) is 0 Å². The molecule has 1 amide bonds. The molecule has 1 aromatic heterocycles. The molecule has 0 spiro atoms. The lowest BCUT2D eigenvalue weighted by Crippen LogP contribution is -2.34. The number of nitrogens with zero attached hydrogens (tertiary/aromatic N) is 4. The lowest BCUT2D eigenvalue weighted by molar-refractivity contribution is -0.138. The fraction of sp³-hybridized carbons (Fsp3) is 0.455. The molecule has 0 bridgehead atoms. The van der Waals surface area contributed by atoms with Gasteiger partial charge in [0.2, 0.25) is 5.91 Å². The number of aromatic nitrogens is 3. The zero-order valence-electron chi connectivity index (χ0n) is 10.9. The zero-order chi connectivity index (χ0) is 15.6. The van der Waals surface area contributed by atoms with Crippen LogP contribution in [-0.4, -0.2) is 39.6 Å². The summed E-state index contributed by atoms with van der Waals surface area (Å²) in [5, 5.41) is 10.1. The normalized spacial score (nSPS) is 18.0. The summed E-state index contributed by atoms with van der Waals surface area (Å²) in [6, 6.07) is -0.708. The summed E-state index contributed by atoms with van der Waals surface area (Å²) in [4.78, 5) is 15.7. The second-order valence-corrected chi connectivity index (χ2v) is 4.83. The number of alkyl halides is 3. The molecule has 0 radical (unpaired) electrons. The number of rotatable bonds is 3. The Labute approximate surface area is 123 Å². The molecule has 0 aromatic carbocycles. The number of hydrogen-bond donors (Lipinski definition) is 2. The molecule has 1 N–H and O–H groups in total. The maximum Gasteiger partial charge on any atom is 0.405 e. The minimum atomic E-state index is -4.45. The first-order chi connectivity index (χ1) is 9.78. The van der Waals surface area contributed by atoms with Crippen LogP contribution < -0.4 is 5.32 Å². The van der Waals surface area contributed by atoms with E-state index in [0.29, 0.717) is 16.7 Å². The summed E-state index contributed by atoms with van der Waals surface area (Å²) >= 11 is 4.26. The summed E-state index contributed by atoms with van der Waals surface area (Å²) in [6.45, 7) is 0.330. The van der Waals surface area contributed by atoms with Gasteiger partial charge in [-0.05, 0) is 13.0 Å². The average Bonchev–Trinajstić information content (AvgIpc) is 2.68. The van der Waals surface area contributed by atoms with Crippen LogP contribution in [0.15, 0.2) is 11.1 Å². The maximum absolute atomic E-state index is 12.1. The Balaban J connectivity index is 2.11. The van der Waals surface area contributed by atoms with E-state index in [-0.39, 0.29) is 6.42 Å². The lowest BCUT2D eigenvalue weighted by Gasteiger charge is -2.13. The van der Waals surface area contributed by atoms with Gasteiger partial charge in [-0.3, -0.25) is 14.4 Å². The Morgan fingerprint density at radius 1 is 1.48 bits per heavy atom. The van der Waals surface area contributed by atoms with Gasteiger partial charge in [0, 0.05) is 6.21 Å². The van der Waals surface area contributed by atoms with E-state index in [9.17, 15) is 18.0 Å². The van der Waals surface area contributed by atoms with E-state index in [4.69, 9.17) is 0 Å². The Morgan fingerprint density at radius 2 is 2.19 bits per heavy atom. The molecule has 0 fully saturated rings. The van der Waals surface area contributed by atoms with Gasteiger partial charge < -0.3 is 5.32 Å². The summed E-state index contributed by atoms with van der Waals surface area (Å²) in [6.07, 6.45) is -1.66. The first kappa shape index (κ1) is 15.5. The Kier molecular flexibility index (Phi) is 4.35. The number of aliphatic imine (C=N–C) groups is 1. The van der Waals surface area contributed by atoms with Crippen molar-refractivity contribution in [3.8, 4) is 0 Å². The van der Waals surface area contributed by atoms with Crippen LogP contribution in [0.3, 0.4) is 0 Å². The highest BCUT2D eigenvalue weighted by Crippen LogP contribution is 2.26. The van der Waals surface area contributed by atoms with Gasteiger partial charge in [-0.1, -0.05) is 0 Å².